The van der Waals surface area contributed by atoms with Crippen molar-refractivity contribution < 1.29 is 18.8 Å². The van der Waals surface area contributed by atoms with E-state index >= 15 is 0 Å². The fourth-order valence-electron chi connectivity index (χ4n) is 3.31. The maximum Gasteiger partial charge on any atom is 0.257 e. The minimum atomic E-state index is -1.57. The van der Waals surface area contributed by atoms with Crippen LogP contribution < -0.4 is 21.7 Å². The van der Waals surface area contributed by atoms with Crippen molar-refractivity contribution in [3.63, 3.8) is 0 Å². The summed E-state index contributed by atoms with van der Waals surface area (Å²) in [4.78, 5) is 41.6. The maximum absolute atomic E-state index is 13.2. The van der Waals surface area contributed by atoms with E-state index < -0.39 is 35.1 Å². The molecule has 0 radical (unpaired) electrons. The zero-order valence-electron chi connectivity index (χ0n) is 16.8. The summed E-state index contributed by atoms with van der Waals surface area (Å²) in [6, 6.07) is 8.43. The molecule has 162 valence electrons. The molecule has 0 fully saturated rings. The Morgan fingerprint density at radius 2 is 1.87 bits per heavy atom. The quantitative estimate of drug-likeness (QED) is 0.542. The number of hydrogen-bond acceptors (Lipinski definition) is 5. The minimum Gasteiger partial charge on any atom is -0.367 e. The normalized spacial score (nSPS) is 19.7. The summed E-state index contributed by atoms with van der Waals surface area (Å²) in [5.74, 6) is -2.30. The van der Waals surface area contributed by atoms with E-state index in [0.717, 1.165) is 12.1 Å². The van der Waals surface area contributed by atoms with Gasteiger partial charge >= 0.3 is 0 Å². The lowest BCUT2D eigenvalue weighted by atomic mass is 9.82. The van der Waals surface area contributed by atoms with E-state index in [0.29, 0.717) is 11.3 Å². The molecule has 10 heteroatoms. The van der Waals surface area contributed by atoms with Gasteiger partial charge in [-0.2, -0.15) is 0 Å². The second kappa shape index (κ2) is 8.73. The summed E-state index contributed by atoms with van der Waals surface area (Å²) in [5, 5.41) is 8.18. The molecule has 0 spiro atoms. The fraction of sp³-hybridized carbons (Fsp3) is 0.238. The van der Waals surface area contributed by atoms with Crippen LogP contribution in [0.2, 0.25) is 5.02 Å². The van der Waals surface area contributed by atoms with Crippen molar-refractivity contribution in [3.05, 3.63) is 64.4 Å². The van der Waals surface area contributed by atoms with Crippen molar-refractivity contribution in [1.29, 1.82) is 0 Å². The molecule has 2 atom stereocenters. The first kappa shape index (κ1) is 22.2. The molecule has 1 aliphatic heterocycles. The average Bonchev–Trinajstić information content (AvgIpc) is 3.14. The first-order valence-electron chi connectivity index (χ1n) is 9.41. The van der Waals surface area contributed by atoms with Crippen LogP contribution in [0, 0.1) is 5.82 Å². The number of primary amides is 1. The van der Waals surface area contributed by atoms with Crippen LogP contribution >= 0.6 is 11.6 Å². The van der Waals surface area contributed by atoms with Crippen molar-refractivity contribution in [3.8, 4) is 0 Å². The monoisotopic (exact) mass is 445 g/mol. The molecule has 3 rings (SSSR count). The summed E-state index contributed by atoms with van der Waals surface area (Å²) in [7, 11) is 0. The molecule has 2 aromatic rings. The lowest BCUT2D eigenvalue weighted by Gasteiger charge is -2.31. The molecule has 3 amide bonds. The molecule has 1 heterocycles. The summed E-state index contributed by atoms with van der Waals surface area (Å²) in [5.41, 5.74) is 5.01. The first-order chi connectivity index (χ1) is 14.6. The lowest BCUT2D eigenvalue weighted by molar-refractivity contribution is -0.132. The molecule has 5 N–H and O–H groups in total. The molecule has 0 saturated heterocycles. The highest BCUT2D eigenvalue weighted by molar-refractivity contribution is 6.34. The Kier molecular flexibility index (Phi) is 6.26. The molecular formula is C21H21ClFN5O3. The van der Waals surface area contributed by atoms with Gasteiger partial charge in [-0.1, -0.05) is 23.7 Å². The SMILES string of the molecule is CC(C)NC(=O)C1N=CNC1(C(N)=O)c1ccc(NC(=O)c2ccc(F)cc2Cl)cc1. The molecule has 0 bridgehead atoms. The predicted octanol–water partition coefficient (Wildman–Crippen LogP) is 1.94. The van der Waals surface area contributed by atoms with Gasteiger partial charge in [-0.3, -0.25) is 19.4 Å². The first-order valence-corrected chi connectivity index (χ1v) is 9.79. The standard InChI is InChI=1S/C21H21ClFN5O3/c1-11(2)27-19(30)17-21(20(24)31,26-10-25-17)12-3-6-14(7-4-12)28-18(29)15-8-5-13(23)9-16(15)22/h3-11,17H,1-2H3,(H2,24,31)(H,25,26)(H,27,30)(H,28,29). The van der Waals surface area contributed by atoms with Crippen LogP contribution in [0.15, 0.2) is 47.5 Å². The van der Waals surface area contributed by atoms with Crippen molar-refractivity contribution in [1.82, 2.24) is 10.6 Å². The van der Waals surface area contributed by atoms with Crippen LogP contribution in [0.1, 0.15) is 29.8 Å². The van der Waals surface area contributed by atoms with Crippen LogP contribution in [-0.4, -0.2) is 36.1 Å². The van der Waals surface area contributed by atoms with Gasteiger partial charge in [0, 0.05) is 11.7 Å². The average molecular weight is 446 g/mol. The van der Waals surface area contributed by atoms with E-state index in [9.17, 15) is 18.8 Å². The number of aliphatic imine (C=N–C) groups is 1. The Balaban J connectivity index is 1.85. The van der Waals surface area contributed by atoms with Gasteiger partial charge in [-0.05, 0) is 49.7 Å². The van der Waals surface area contributed by atoms with Gasteiger partial charge in [0.2, 0.25) is 5.91 Å². The van der Waals surface area contributed by atoms with E-state index in [-0.39, 0.29) is 16.6 Å². The van der Waals surface area contributed by atoms with Crippen molar-refractivity contribution in [2.45, 2.75) is 31.5 Å². The molecule has 0 aromatic heterocycles. The number of hydrogen-bond donors (Lipinski definition) is 4. The van der Waals surface area contributed by atoms with Gasteiger partial charge in [0.15, 0.2) is 11.6 Å². The second-order valence-corrected chi connectivity index (χ2v) is 7.72. The molecule has 0 aliphatic carbocycles. The Morgan fingerprint density at radius 1 is 1.19 bits per heavy atom. The molecule has 2 unspecified atom stereocenters. The van der Waals surface area contributed by atoms with Crippen molar-refractivity contribution in [2.24, 2.45) is 10.7 Å². The Bertz CT molecular complexity index is 1060. The zero-order valence-corrected chi connectivity index (χ0v) is 17.5. The summed E-state index contributed by atoms with van der Waals surface area (Å²) in [6.07, 6.45) is 1.28. The molecule has 31 heavy (non-hydrogen) atoms. The minimum absolute atomic E-state index is 0.0203. The Hall–Kier alpha value is -3.46. The van der Waals surface area contributed by atoms with Gasteiger partial charge in [0.05, 0.1) is 16.9 Å². The third-order valence-electron chi connectivity index (χ3n) is 4.77. The smallest absolute Gasteiger partial charge is 0.257 e. The van der Waals surface area contributed by atoms with E-state index in [2.05, 4.69) is 20.9 Å². The Morgan fingerprint density at radius 3 is 2.45 bits per heavy atom. The number of carbonyl (C=O) groups excluding carboxylic acids is 3. The van der Waals surface area contributed by atoms with Crippen LogP contribution in [0.4, 0.5) is 10.1 Å². The summed E-state index contributed by atoms with van der Waals surface area (Å²) >= 11 is 5.92. The molecule has 8 nitrogen and oxygen atoms in total. The molecule has 0 saturated carbocycles. The van der Waals surface area contributed by atoms with Crippen LogP contribution in [0.3, 0.4) is 0 Å². The summed E-state index contributed by atoms with van der Waals surface area (Å²) < 4.78 is 13.2. The molecule has 1 aliphatic rings. The van der Waals surface area contributed by atoms with Crippen molar-refractivity contribution in [2.75, 3.05) is 5.32 Å². The lowest BCUT2D eigenvalue weighted by Crippen LogP contribution is -2.60. The second-order valence-electron chi connectivity index (χ2n) is 7.32. The fourth-order valence-corrected chi connectivity index (χ4v) is 3.56. The summed E-state index contributed by atoms with van der Waals surface area (Å²) in [6.45, 7) is 3.58. The molecular weight excluding hydrogens is 425 g/mol. The number of halogens is 2. The van der Waals surface area contributed by atoms with E-state index in [1.807, 2.05) is 0 Å². The predicted molar refractivity (Wildman–Crippen MR) is 115 cm³/mol. The zero-order chi connectivity index (χ0) is 22.8. The highest BCUT2D eigenvalue weighted by atomic mass is 35.5. The van der Waals surface area contributed by atoms with Crippen molar-refractivity contribution >= 4 is 41.3 Å². The molecule has 2 aromatic carbocycles. The van der Waals surface area contributed by atoms with Gasteiger partial charge in [-0.15, -0.1) is 0 Å². The van der Waals surface area contributed by atoms with E-state index in [4.69, 9.17) is 17.3 Å². The van der Waals surface area contributed by atoms with Gasteiger partial charge in [0.1, 0.15) is 5.82 Å². The van der Waals surface area contributed by atoms with Gasteiger partial charge in [-0.25, -0.2) is 4.39 Å². The number of carbonyl (C=O) groups is 3. The Labute approximate surface area is 183 Å². The van der Waals surface area contributed by atoms with Crippen LogP contribution in [-0.2, 0) is 15.1 Å². The third kappa shape index (κ3) is 4.36. The maximum atomic E-state index is 13.2. The number of nitrogens with one attached hydrogen (secondary N) is 3. The number of nitrogens with zero attached hydrogens (tertiary/aromatic N) is 1. The number of nitrogens with two attached hydrogens (primary N) is 1. The van der Waals surface area contributed by atoms with E-state index in [1.165, 1.54) is 12.4 Å². The van der Waals surface area contributed by atoms with Gasteiger partial charge in [0.25, 0.3) is 11.8 Å². The number of amides is 3. The largest absolute Gasteiger partial charge is 0.367 e. The van der Waals surface area contributed by atoms with E-state index in [1.54, 1.807) is 38.1 Å². The number of benzene rings is 2. The third-order valence-corrected chi connectivity index (χ3v) is 5.08. The van der Waals surface area contributed by atoms with Crippen LogP contribution in [0.25, 0.3) is 0 Å². The highest BCUT2D eigenvalue weighted by Crippen LogP contribution is 2.31. The topological polar surface area (TPSA) is 126 Å². The number of rotatable bonds is 6. The van der Waals surface area contributed by atoms with Gasteiger partial charge < -0.3 is 21.7 Å². The number of anilines is 1. The van der Waals surface area contributed by atoms with Crippen LogP contribution in [0.5, 0.6) is 0 Å². The highest BCUT2D eigenvalue weighted by Gasteiger charge is 2.52.